The maximum atomic E-state index is 15.0. The van der Waals surface area contributed by atoms with E-state index in [1.807, 2.05) is 0 Å². The van der Waals surface area contributed by atoms with Gasteiger partial charge in [-0.15, -0.1) is 12.4 Å². The van der Waals surface area contributed by atoms with E-state index in [4.69, 9.17) is 9.47 Å². The molecular formula is C26H26ClF3N4O4. The first-order valence-electron chi connectivity index (χ1n) is 11.9. The number of ether oxygens (including phenoxy) is 2. The molecule has 0 spiro atoms. The molecule has 2 N–H and O–H groups in total. The van der Waals surface area contributed by atoms with E-state index in [1.54, 1.807) is 25.1 Å². The van der Waals surface area contributed by atoms with Gasteiger partial charge in [-0.05, 0) is 68.3 Å². The van der Waals surface area contributed by atoms with E-state index in [0.717, 1.165) is 11.1 Å². The number of hydrogen-bond donors (Lipinski definition) is 2. The molecule has 2 aliphatic rings. The number of nitrogens with zero attached hydrogens (tertiary/aromatic N) is 2. The monoisotopic (exact) mass is 550 g/mol. The first kappa shape index (κ1) is 27.5. The van der Waals surface area contributed by atoms with Crippen LogP contribution in [0.1, 0.15) is 18.5 Å². The zero-order chi connectivity index (χ0) is 26.2. The topological polar surface area (TPSA) is 94.5 Å². The predicted molar refractivity (Wildman–Crippen MR) is 136 cm³/mol. The summed E-state index contributed by atoms with van der Waals surface area (Å²) in [5.74, 6) is -4.41. The minimum absolute atomic E-state index is 0. The number of alkyl halides is 2. The SMILES string of the molecule is Cc1nn(CC(F)(F)COC(=O)[C@@H]2CCCN2)c(-c2ccc(F)cc2)c1-c1ccc2c(c1)NC(=O)CO2.Cl. The van der Waals surface area contributed by atoms with E-state index in [1.165, 1.54) is 24.3 Å². The second-order valence-corrected chi connectivity index (χ2v) is 9.13. The van der Waals surface area contributed by atoms with Crippen molar-refractivity contribution in [2.45, 2.75) is 38.3 Å². The van der Waals surface area contributed by atoms with Crippen molar-refractivity contribution in [1.29, 1.82) is 0 Å². The lowest BCUT2D eigenvalue weighted by Crippen LogP contribution is -2.37. The van der Waals surface area contributed by atoms with Crippen molar-refractivity contribution in [2.75, 3.05) is 25.1 Å². The lowest BCUT2D eigenvalue weighted by atomic mass is 9.98. The molecule has 0 bridgehead atoms. The third-order valence-corrected chi connectivity index (χ3v) is 6.30. The van der Waals surface area contributed by atoms with E-state index in [-0.39, 0.29) is 24.9 Å². The van der Waals surface area contributed by atoms with Crippen LogP contribution < -0.4 is 15.4 Å². The summed E-state index contributed by atoms with van der Waals surface area (Å²) in [7, 11) is 0. The number of hydrogen-bond acceptors (Lipinski definition) is 6. The van der Waals surface area contributed by atoms with Crippen LogP contribution in [0.5, 0.6) is 5.75 Å². The molecular weight excluding hydrogens is 525 g/mol. The Morgan fingerprint density at radius 3 is 2.66 bits per heavy atom. The van der Waals surface area contributed by atoms with Gasteiger partial charge in [0.15, 0.2) is 13.2 Å². The van der Waals surface area contributed by atoms with Crippen LogP contribution >= 0.6 is 12.4 Å². The van der Waals surface area contributed by atoms with Crippen LogP contribution in [0.4, 0.5) is 18.9 Å². The van der Waals surface area contributed by atoms with E-state index in [9.17, 15) is 14.0 Å². The number of fused-ring (bicyclic) bond motifs is 1. The van der Waals surface area contributed by atoms with Crippen LogP contribution in [0.3, 0.4) is 0 Å². The highest BCUT2D eigenvalue weighted by molar-refractivity contribution is 5.97. The van der Waals surface area contributed by atoms with Gasteiger partial charge < -0.3 is 20.1 Å². The molecule has 1 fully saturated rings. The standard InChI is InChI=1S/C26H25F3N4O4.ClH/c1-15-23(17-6-9-21-20(11-17)31-22(34)12-36-21)24(16-4-7-18(27)8-5-16)33(32-15)13-26(28,29)14-37-25(35)19-3-2-10-30-19;/h4-9,11,19,30H,2-3,10,12-14H2,1H3,(H,31,34);1H/t19-;/m0./s1. The Morgan fingerprint density at radius 1 is 1.21 bits per heavy atom. The Morgan fingerprint density at radius 2 is 1.95 bits per heavy atom. The van der Waals surface area contributed by atoms with Gasteiger partial charge in [-0.2, -0.15) is 5.10 Å². The molecule has 0 saturated carbocycles. The summed E-state index contributed by atoms with van der Waals surface area (Å²) >= 11 is 0. The molecule has 0 radical (unpaired) electrons. The summed E-state index contributed by atoms with van der Waals surface area (Å²) in [5, 5.41) is 10.0. The molecule has 2 aliphatic heterocycles. The highest BCUT2D eigenvalue weighted by atomic mass is 35.5. The van der Waals surface area contributed by atoms with E-state index < -0.39 is 36.9 Å². The molecule has 12 heteroatoms. The first-order chi connectivity index (χ1) is 17.7. The van der Waals surface area contributed by atoms with Crippen LogP contribution in [0.2, 0.25) is 0 Å². The fourth-order valence-electron chi connectivity index (χ4n) is 4.61. The molecule has 1 aromatic heterocycles. The molecule has 202 valence electrons. The van der Waals surface area contributed by atoms with Crippen LogP contribution in [0.25, 0.3) is 22.4 Å². The number of esters is 1. The smallest absolute Gasteiger partial charge is 0.323 e. The average molecular weight is 551 g/mol. The summed E-state index contributed by atoms with van der Waals surface area (Å²) in [6.07, 6.45) is 1.33. The number of carbonyl (C=O) groups is 2. The number of carbonyl (C=O) groups excluding carboxylic acids is 2. The predicted octanol–water partition coefficient (Wildman–Crippen LogP) is 4.35. The largest absolute Gasteiger partial charge is 0.482 e. The maximum Gasteiger partial charge on any atom is 0.323 e. The molecule has 38 heavy (non-hydrogen) atoms. The van der Waals surface area contributed by atoms with Gasteiger partial charge in [0.25, 0.3) is 5.91 Å². The Hall–Kier alpha value is -3.57. The Balaban J connectivity index is 0.00000336. The molecule has 0 unspecified atom stereocenters. The summed E-state index contributed by atoms with van der Waals surface area (Å²) in [5.41, 5.74) is 2.85. The molecule has 1 atom stereocenters. The number of anilines is 1. The van der Waals surface area contributed by atoms with Crippen molar-refractivity contribution < 1.29 is 32.2 Å². The van der Waals surface area contributed by atoms with Gasteiger partial charge in [0.1, 0.15) is 24.2 Å². The van der Waals surface area contributed by atoms with Crippen molar-refractivity contribution in [3.63, 3.8) is 0 Å². The fourth-order valence-corrected chi connectivity index (χ4v) is 4.61. The van der Waals surface area contributed by atoms with Crippen molar-refractivity contribution in [1.82, 2.24) is 15.1 Å². The summed E-state index contributed by atoms with van der Waals surface area (Å²) in [6, 6.07) is 9.98. The van der Waals surface area contributed by atoms with Crippen LogP contribution in [-0.4, -0.2) is 53.4 Å². The lowest BCUT2D eigenvalue weighted by Gasteiger charge is -2.20. The van der Waals surface area contributed by atoms with Crippen LogP contribution in [0.15, 0.2) is 42.5 Å². The highest BCUT2D eigenvalue weighted by Crippen LogP contribution is 2.40. The zero-order valence-electron chi connectivity index (χ0n) is 20.4. The van der Waals surface area contributed by atoms with Crippen molar-refractivity contribution >= 4 is 30.0 Å². The molecule has 3 heterocycles. The number of benzene rings is 2. The van der Waals surface area contributed by atoms with Gasteiger partial charge in [-0.25, -0.2) is 13.2 Å². The average Bonchev–Trinajstić information content (AvgIpc) is 3.51. The Bertz CT molecular complexity index is 1340. The fraction of sp³-hybridized carbons (Fsp3) is 0.346. The Labute approximate surface area is 222 Å². The van der Waals surface area contributed by atoms with Gasteiger partial charge in [0.05, 0.1) is 17.1 Å². The van der Waals surface area contributed by atoms with Crippen LogP contribution in [-0.2, 0) is 20.9 Å². The van der Waals surface area contributed by atoms with E-state index >= 15 is 8.78 Å². The molecule has 1 saturated heterocycles. The van der Waals surface area contributed by atoms with Gasteiger partial charge in [0.2, 0.25) is 0 Å². The molecule has 5 rings (SSSR count). The number of aromatic nitrogens is 2. The third kappa shape index (κ3) is 5.78. The molecule has 1 amide bonds. The molecule has 3 aromatic rings. The maximum absolute atomic E-state index is 15.0. The summed E-state index contributed by atoms with van der Waals surface area (Å²) < 4.78 is 55.3. The Kier molecular flexibility index (Phi) is 7.98. The van der Waals surface area contributed by atoms with Gasteiger partial charge in [-0.1, -0.05) is 6.07 Å². The summed E-state index contributed by atoms with van der Waals surface area (Å²) in [6.45, 7) is 0.267. The van der Waals surface area contributed by atoms with E-state index in [0.29, 0.717) is 52.5 Å². The number of halogens is 4. The van der Waals surface area contributed by atoms with E-state index in [2.05, 4.69) is 15.7 Å². The number of amides is 1. The molecule has 0 aliphatic carbocycles. The number of rotatable bonds is 7. The van der Waals surface area contributed by atoms with Crippen molar-refractivity contribution in [3.05, 3.63) is 54.0 Å². The summed E-state index contributed by atoms with van der Waals surface area (Å²) in [4.78, 5) is 23.9. The molecule has 2 aromatic carbocycles. The zero-order valence-corrected chi connectivity index (χ0v) is 21.2. The third-order valence-electron chi connectivity index (χ3n) is 6.30. The minimum Gasteiger partial charge on any atom is -0.482 e. The second kappa shape index (κ2) is 11.0. The highest BCUT2D eigenvalue weighted by Gasteiger charge is 2.36. The van der Waals surface area contributed by atoms with Crippen molar-refractivity contribution in [3.8, 4) is 28.1 Å². The normalized spacial score (nSPS) is 16.7. The number of nitrogens with one attached hydrogen (secondary N) is 2. The quantitative estimate of drug-likeness (QED) is 0.425. The lowest BCUT2D eigenvalue weighted by molar-refractivity contribution is -0.158. The number of aryl methyl sites for hydroxylation is 1. The van der Waals surface area contributed by atoms with Gasteiger partial charge in [0, 0.05) is 11.1 Å². The van der Waals surface area contributed by atoms with Gasteiger partial charge >= 0.3 is 11.9 Å². The van der Waals surface area contributed by atoms with Crippen LogP contribution in [0, 0.1) is 12.7 Å². The minimum atomic E-state index is -3.42. The first-order valence-corrected chi connectivity index (χ1v) is 11.9. The van der Waals surface area contributed by atoms with Gasteiger partial charge in [-0.3, -0.25) is 14.3 Å². The second-order valence-electron chi connectivity index (χ2n) is 9.13. The molecule has 8 nitrogen and oxygen atoms in total. The van der Waals surface area contributed by atoms with Crippen molar-refractivity contribution in [2.24, 2.45) is 0 Å².